The lowest BCUT2D eigenvalue weighted by atomic mass is 10.1. The summed E-state index contributed by atoms with van der Waals surface area (Å²) in [5.74, 6) is 0.765. The highest BCUT2D eigenvalue weighted by atomic mass is 35.5. The van der Waals surface area contributed by atoms with E-state index in [-0.39, 0.29) is 30.4 Å². The van der Waals surface area contributed by atoms with Crippen LogP contribution < -0.4 is 15.0 Å². The Morgan fingerprint density at radius 2 is 1.59 bits per heavy atom. The van der Waals surface area contributed by atoms with Gasteiger partial charge in [0.05, 0.1) is 0 Å². The van der Waals surface area contributed by atoms with Gasteiger partial charge < -0.3 is 20.4 Å². The number of aryl methyl sites for hydroxylation is 4. The third-order valence-electron chi connectivity index (χ3n) is 5.75. The van der Waals surface area contributed by atoms with Crippen molar-refractivity contribution in [1.29, 1.82) is 0 Å². The number of ether oxygens (including phenoxy) is 1. The van der Waals surface area contributed by atoms with Crippen molar-refractivity contribution in [2.45, 2.75) is 34.1 Å². The smallest absolute Gasteiger partial charge is 0.257 e. The Kier molecular flexibility index (Phi) is 11.5. The van der Waals surface area contributed by atoms with Gasteiger partial charge in [-0.2, -0.15) is 0 Å². The highest BCUT2D eigenvalue weighted by Gasteiger charge is 2.17. The van der Waals surface area contributed by atoms with Gasteiger partial charge in [0.25, 0.3) is 5.91 Å². The molecule has 3 rings (SSSR count). The van der Waals surface area contributed by atoms with Crippen LogP contribution in [0.4, 0.5) is 5.69 Å². The van der Waals surface area contributed by atoms with Crippen molar-refractivity contribution in [3.63, 3.8) is 0 Å². The molecule has 0 atom stereocenters. The number of nitrogens with one attached hydrogen (secondary N) is 1. The van der Waals surface area contributed by atoms with Crippen LogP contribution in [0.25, 0.3) is 0 Å². The fraction of sp³-hybridized carbons (Fsp3) is 0.480. The average Bonchev–Trinajstić information content (AvgIpc) is 2.71. The number of anilines is 1. The maximum atomic E-state index is 12.1. The second-order valence-corrected chi connectivity index (χ2v) is 8.34. The number of hydrogen-bond donors (Lipinski definition) is 1. The molecule has 0 radical (unpaired) electrons. The quantitative estimate of drug-likeness (QED) is 0.610. The minimum absolute atomic E-state index is 0. The Hall–Kier alpha value is -2.28. The third-order valence-corrected chi connectivity index (χ3v) is 5.75. The summed E-state index contributed by atoms with van der Waals surface area (Å²) in [7, 11) is 0. The molecule has 32 heavy (non-hydrogen) atoms. The summed E-state index contributed by atoms with van der Waals surface area (Å²) in [5, 5.41) is 2.98. The summed E-state index contributed by atoms with van der Waals surface area (Å²) >= 11 is 0. The Bertz CT molecular complexity index is 844. The predicted molar refractivity (Wildman–Crippen MR) is 134 cm³/mol. The summed E-state index contributed by atoms with van der Waals surface area (Å²) in [6.07, 6.45) is 0.957. The van der Waals surface area contributed by atoms with E-state index in [9.17, 15) is 4.79 Å². The highest BCUT2D eigenvalue weighted by molar-refractivity contribution is 5.85. The molecule has 1 aliphatic heterocycles. The molecule has 1 aliphatic rings. The van der Waals surface area contributed by atoms with Gasteiger partial charge in [-0.3, -0.25) is 9.69 Å². The normalized spacial score (nSPS) is 13.7. The number of para-hydroxylation sites is 1. The second kappa shape index (κ2) is 13.3. The van der Waals surface area contributed by atoms with Crippen molar-refractivity contribution in [2.24, 2.45) is 0 Å². The van der Waals surface area contributed by atoms with Crippen LogP contribution in [0.1, 0.15) is 28.7 Å². The van der Waals surface area contributed by atoms with Crippen LogP contribution in [0.15, 0.2) is 36.4 Å². The number of hydrogen-bond acceptors (Lipinski definition) is 4. The van der Waals surface area contributed by atoms with Crippen LogP contribution in [0, 0.1) is 27.7 Å². The van der Waals surface area contributed by atoms with Gasteiger partial charge >= 0.3 is 0 Å². The number of nitrogens with zero attached hydrogens (tertiary/aromatic N) is 2. The first-order valence-electron chi connectivity index (χ1n) is 10.9. The summed E-state index contributed by atoms with van der Waals surface area (Å²) in [5.41, 5.74) is 6.05. The van der Waals surface area contributed by atoms with Crippen LogP contribution >= 0.6 is 12.4 Å². The van der Waals surface area contributed by atoms with Gasteiger partial charge in [-0.1, -0.05) is 35.9 Å². The zero-order chi connectivity index (χ0) is 21.5. The molecule has 0 unspecified atom stereocenters. The van der Waals surface area contributed by atoms with Crippen molar-refractivity contribution in [1.82, 2.24) is 10.2 Å². The fourth-order valence-corrected chi connectivity index (χ4v) is 4.24. The fourth-order valence-electron chi connectivity index (χ4n) is 4.24. The molecule has 2 aromatic carbocycles. The van der Waals surface area contributed by atoms with Crippen molar-refractivity contribution in [2.75, 3.05) is 50.8 Å². The number of rotatable bonds is 8. The summed E-state index contributed by atoms with van der Waals surface area (Å²) in [6, 6.07) is 12.8. The van der Waals surface area contributed by atoms with Crippen molar-refractivity contribution >= 4 is 24.0 Å². The summed E-state index contributed by atoms with van der Waals surface area (Å²) in [6.45, 7) is 14.3. The van der Waals surface area contributed by atoms with E-state index in [0.717, 1.165) is 56.0 Å². The Balaban J connectivity index is 0.00000256. The molecule has 0 spiro atoms. The van der Waals surface area contributed by atoms with Crippen molar-refractivity contribution in [3.8, 4) is 5.75 Å². The summed E-state index contributed by atoms with van der Waals surface area (Å²) < 4.78 is 5.77. The van der Waals surface area contributed by atoms with E-state index in [2.05, 4.69) is 65.4 Å². The zero-order valence-corrected chi connectivity index (χ0v) is 20.6. The van der Waals surface area contributed by atoms with E-state index in [1.807, 2.05) is 13.8 Å². The molecular weight excluding hydrogens is 426 g/mol. The van der Waals surface area contributed by atoms with Crippen molar-refractivity contribution in [3.05, 3.63) is 58.7 Å². The van der Waals surface area contributed by atoms with Crippen LogP contribution in [0.5, 0.6) is 5.75 Å². The monoisotopic (exact) mass is 463 g/mol. The Labute approximate surface area is 198 Å². The summed E-state index contributed by atoms with van der Waals surface area (Å²) in [4.78, 5) is 17.1. The molecule has 0 saturated carbocycles. The van der Waals surface area contributed by atoms with E-state index in [1.165, 1.54) is 16.8 Å². The second-order valence-electron chi connectivity index (χ2n) is 8.34. The van der Waals surface area contributed by atoms with E-state index >= 15 is 0 Å². The van der Waals surface area contributed by atoms with Gasteiger partial charge in [0.15, 0.2) is 6.61 Å². The lowest BCUT2D eigenvalue weighted by molar-refractivity contribution is -0.123. The predicted octanol–water partition coefficient (Wildman–Crippen LogP) is 3.22. The number of carbonyl (C=O) groups excluding carboxylic acids is 1. The van der Waals surface area contributed by atoms with Gasteiger partial charge in [-0.25, -0.2) is 0 Å². The molecule has 3 N–H and O–H groups in total. The van der Waals surface area contributed by atoms with E-state index in [4.69, 9.17) is 4.74 Å². The molecule has 0 aromatic heterocycles. The molecule has 6 nitrogen and oxygen atoms in total. The lowest BCUT2D eigenvalue weighted by Crippen LogP contribution is -2.47. The average molecular weight is 464 g/mol. The van der Waals surface area contributed by atoms with Crippen LogP contribution in [0.3, 0.4) is 0 Å². The van der Waals surface area contributed by atoms with Gasteiger partial charge in [0.2, 0.25) is 0 Å². The van der Waals surface area contributed by atoms with Gasteiger partial charge in [0, 0.05) is 38.4 Å². The highest BCUT2D eigenvalue weighted by Crippen LogP contribution is 2.24. The molecule has 1 heterocycles. The van der Waals surface area contributed by atoms with E-state index in [0.29, 0.717) is 6.54 Å². The zero-order valence-electron chi connectivity index (χ0n) is 19.7. The Morgan fingerprint density at radius 1 is 0.969 bits per heavy atom. The SMILES string of the molecule is Cc1cc(C)c(OCC(=O)NCCCN2CCN(c3ccccc3C)CC2)c(C)c1.Cl.O. The first kappa shape index (κ1) is 27.8. The topological polar surface area (TPSA) is 76.3 Å². The van der Waals surface area contributed by atoms with Gasteiger partial charge in [0.1, 0.15) is 5.75 Å². The van der Waals surface area contributed by atoms with Gasteiger partial charge in [-0.15, -0.1) is 12.4 Å². The molecule has 1 saturated heterocycles. The Morgan fingerprint density at radius 3 is 2.22 bits per heavy atom. The first-order valence-corrected chi connectivity index (χ1v) is 10.9. The lowest BCUT2D eigenvalue weighted by Gasteiger charge is -2.36. The maximum absolute atomic E-state index is 12.1. The van der Waals surface area contributed by atoms with Crippen LogP contribution in [-0.4, -0.2) is 62.2 Å². The number of halogens is 1. The van der Waals surface area contributed by atoms with E-state index < -0.39 is 0 Å². The maximum Gasteiger partial charge on any atom is 0.257 e. The first-order chi connectivity index (χ1) is 14.4. The van der Waals surface area contributed by atoms with E-state index in [1.54, 1.807) is 0 Å². The number of benzene rings is 2. The largest absolute Gasteiger partial charge is 0.483 e. The molecule has 0 aliphatic carbocycles. The molecule has 7 heteroatoms. The number of piperazine rings is 1. The molecule has 1 fully saturated rings. The molecule has 178 valence electrons. The van der Waals surface area contributed by atoms with Crippen LogP contribution in [0.2, 0.25) is 0 Å². The van der Waals surface area contributed by atoms with Crippen molar-refractivity contribution < 1.29 is 15.0 Å². The third kappa shape index (κ3) is 7.69. The number of carbonyl (C=O) groups is 1. The number of amides is 1. The molecule has 2 aromatic rings. The standard InChI is InChI=1S/C25H35N3O2.ClH.H2O/c1-19-16-21(3)25(22(4)17-19)30-18-24(29)26-10-7-11-27-12-14-28(15-13-27)23-9-6-5-8-20(23)2;;/h5-6,8-9,16-17H,7,10-15,18H2,1-4H3,(H,26,29);1H;1H2. The minimum atomic E-state index is -0.0567. The molecular formula is C25H38ClN3O3. The molecule has 1 amide bonds. The van der Waals surface area contributed by atoms with Crippen LogP contribution in [-0.2, 0) is 4.79 Å². The van der Waals surface area contributed by atoms with Gasteiger partial charge in [-0.05, 0) is 63.4 Å². The molecule has 0 bridgehead atoms. The minimum Gasteiger partial charge on any atom is -0.483 e.